The van der Waals surface area contributed by atoms with Crippen molar-refractivity contribution >= 4 is 17.5 Å². The number of amides is 1. The summed E-state index contributed by atoms with van der Waals surface area (Å²) < 4.78 is 41.2. The standard InChI is InChI=1S/C18H21F3N4O3/c1-10-9-22-14(15(23-10)25-16(26)17(3,4)27)24-11(2)12-6-5-7-13(8-12)28-18(19,20)21/h5-9,11,27H,1-4H3,(H,22,24)(H,23,25,26). The Bertz CT molecular complexity index is 851. The van der Waals surface area contributed by atoms with E-state index in [9.17, 15) is 23.1 Å². The number of aryl methyl sites for hydroxylation is 1. The lowest BCUT2D eigenvalue weighted by Crippen LogP contribution is -2.37. The molecule has 1 aromatic carbocycles. The van der Waals surface area contributed by atoms with Crippen LogP contribution in [0.3, 0.4) is 0 Å². The molecule has 7 nitrogen and oxygen atoms in total. The zero-order valence-corrected chi connectivity index (χ0v) is 15.8. The van der Waals surface area contributed by atoms with Crippen molar-refractivity contribution in [2.45, 2.75) is 45.7 Å². The largest absolute Gasteiger partial charge is 0.573 e. The summed E-state index contributed by atoms with van der Waals surface area (Å²) in [5, 5.41) is 15.3. The fourth-order valence-corrected chi connectivity index (χ4v) is 2.20. The first-order valence-electron chi connectivity index (χ1n) is 8.35. The zero-order valence-electron chi connectivity index (χ0n) is 15.8. The molecule has 152 valence electrons. The highest BCUT2D eigenvalue weighted by Gasteiger charge is 2.31. The molecule has 2 rings (SSSR count). The van der Waals surface area contributed by atoms with E-state index in [1.54, 1.807) is 19.9 Å². The minimum Gasteiger partial charge on any atom is -0.406 e. The van der Waals surface area contributed by atoms with E-state index in [-0.39, 0.29) is 17.4 Å². The molecule has 1 unspecified atom stereocenters. The van der Waals surface area contributed by atoms with Crippen LogP contribution >= 0.6 is 0 Å². The Morgan fingerprint density at radius 1 is 1.25 bits per heavy atom. The topological polar surface area (TPSA) is 96.4 Å². The Balaban J connectivity index is 2.23. The quantitative estimate of drug-likeness (QED) is 0.689. The molecule has 0 radical (unpaired) electrons. The maximum atomic E-state index is 12.4. The summed E-state index contributed by atoms with van der Waals surface area (Å²) in [4.78, 5) is 20.4. The fourth-order valence-electron chi connectivity index (χ4n) is 2.20. The Kier molecular flexibility index (Phi) is 6.13. The number of ether oxygens (including phenoxy) is 1. The highest BCUT2D eigenvalue weighted by molar-refractivity contribution is 5.97. The summed E-state index contributed by atoms with van der Waals surface area (Å²) in [5.74, 6) is -0.715. The highest BCUT2D eigenvalue weighted by atomic mass is 19.4. The van der Waals surface area contributed by atoms with Crippen molar-refractivity contribution < 1.29 is 27.8 Å². The van der Waals surface area contributed by atoms with Gasteiger partial charge in [-0.05, 0) is 45.4 Å². The Labute approximate surface area is 160 Å². The molecule has 0 fully saturated rings. The van der Waals surface area contributed by atoms with Gasteiger partial charge < -0.3 is 20.5 Å². The van der Waals surface area contributed by atoms with Gasteiger partial charge in [0.15, 0.2) is 11.6 Å². The molecule has 1 atom stereocenters. The van der Waals surface area contributed by atoms with Gasteiger partial charge in [0, 0.05) is 0 Å². The van der Waals surface area contributed by atoms with Gasteiger partial charge in [-0.2, -0.15) is 0 Å². The molecule has 0 spiro atoms. The van der Waals surface area contributed by atoms with Crippen LogP contribution in [0.25, 0.3) is 0 Å². The number of nitrogens with one attached hydrogen (secondary N) is 2. The average molecular weight is 398 g/mol. The number of alkyl halides is 3. The number of rotatable bonds is 6. The number of hydrogen-bond acceptors (Lipinski definition) is 6. The molecule has 10 heteroatoms. The fraction of sp³-hybridized carbons (Fsp3) is 0.389. The van der Waals surface area contributed by atoms with Gasteiger partial charge in [0.1, 0.15) is 11.4 Å². The summed E-state index contributed by atoms with van der Waals surface area (Å²) in [7, 11) is 0. The molecule has 2 aromatic rings. The van der Waals surface area contributed by atoms with Gasteiger partial charge >= 0.3 is 6.36 Å². The molecule has 0 saturated carbocycles. The number of aliphatic hydroxyl groups is 1. The van der Waals surface area contributed by atoms with E-state index >= 15 is 0 Å². The number of aromatic nitrogens is 2. The van der Waals surface area contributed by atoms with Crippen LogP contribution < -0.4 is 15.4 Å². The van der Waals surface area contributed by atoms with Crippen LogP contribution in [0.2, 0.25) is 0 Å². The normalized spacial score (nSPS) is 13.0. The molecule has 1 heterocycles. The van der Waals surface area contributed by atoms with Crippen LogP contribution in [-0.2, 0) is 4.79 Å². The number of anilines is 2. The molecule has 0 aliphatic carbocycles. The second-order valence-corrected chi connectivity index (χ2v) is 6.71. The van der Waals surface area contributed by atoms with Crippen LogP contribution in [0.5, 0.6) is 5.75 Å². The highest BCUT2D eigenvalue weighted by Crippen LogP contribution is 2.28. The Morgan fingerprint density at radius 3 is 2.54 bits per heavy atom. The second kappa shape index (κ2) is 8.01. The molecular weight excluding hydrogens is 377 g/mol. The van der Waals surface area contributed by atoms with Gasteiger partial charge in [-0.1, -0.05) is 12.1 Å². The Hall–Kier alpha value is -2.88. The third kappa shape index (κ3) is 6.08. The number of hydrogen-bond donors (Lipinski definition) is 3. The lowest BCUT2D eigenvalue weighted by Gasteiger charge is -2.20. The predicted molar refractivity (Wildman–Crippen MR) is 96.9 cm³/mol. The van der Waals surface area contributed by atoms with E-state index in [2.05, 4.69) is 25.3 Å². The van der Waals surface area contributed by atoms with Crippen molar-refractivity contribution in [3.63, 3.8) is 0 Å². The van der Waals surface area contributed by atoms with E-state index in [4.69, 9.17) is 0 Å². The number of halogens is 3. The third-order valence-electron chi connectivity index (χ3n) is 3.63. The van der Waals surface area contributed by atoms with Gasteiger partial charge in [0.2, 0.25) is 0 Å². The molecule has 0 bridgehead atoms. The first-order chi connectivity index (χ1) is 12.8. The number of carbonyl (C=O) groups is 1. The molecule has 28 heavy (non-hydrogen) atoms. The Morgan fingerprint density at radius 2 is 1.93 bits per heavy atom. The summed E-state index contributed by atoms with van der Waals surface area (Å²) in [6.07, 6.45) is -3.32. The first kappa shape index (κ1) is 21.4. The lowest BCUT2D eigenvalue weighted by atomic mass is 10.1. The zero-order chi connectivity index (χ0) is 21.1. The maximum absolute atomic E-state index is 12.4. The van der Waals surface area contributed by atoms with E-state index in [0.717, 1.165) is 0 Å². The van der Waals surface area contributed by atoms with Crippen LogP contribution in [0.4, 0.5) is 24.8 Å². The molecule has 1 aromatic heterocycles. The van der Waals surface area contributed by atoms with Crippen LogP contribution in [0.1, 0.15) is 38.1 Å². The lowest BCUT2D eigenvalue weighted by molar-refractivity contribution is -0.274. The summed E-state index contributed by atoms with van der Waals surface area (Å²) in [5.41, 5.74) is -0.592. The molecule has 1 amide bonds. The van der Waals surface area contributed by atoms with E-state index in [1.807, 2.05) is 0 Å². The minimum atomic E-state index is -4.79. The minimum absolute atomic E-state index is 0.0988. The molecule has 0 aliphatic rings. The molecular formula is C18H21F3N4O3. The van der Waals surface area contributed by atoms with E-state index in [0.29, 0.717) is 11.3 Å². The van der Waals surface area contributed by atoms with Crippen LogP contribution in [0, 0.1) is 6.92 Å². The van der Waals surface area contributed by atoms with Gasteiger partial charge in [-0.15, -0.1) is 13.2 Å². The van der Waals surface area contributed by atoms with Gasteiger partial charge in [0.05, 0.1) is 17.9 Å². The smallest absolute Gasteiger partial charge is 0.406 e. The van der Waals surface area contributed by atoms with E-state index in [1.165, 1.54) is 38.2 Å². The van der Waals surface area contributed by atoms with Crippen molar-refractivity contribution in [3.05, 3.63) is 41.7 Å². The number of carbonyl (C=O) groups excluding carboxylic acids is 1. The summed E-state index contributed by atoms with van der Waals surface area (Å²) in [6.45, 7) is 6.04. The number of benzene rings is 1. The van der Waals surface area contributed by atoms with Crippen molar-refractivity contribution in [2.24, 2.45) is 0 Å². The van der Waals surface area contributed by atoms with Gasteiger partial charge in [-0.25, -0.2) is 9.97 Å². The van der Waals surface area contributed by atoms with Gasteiger partial charge in [0.25, 0.3) is 5.91 Å². The SMILES string of the molecule is Cc1cnc(NC(C)c2cccc(OC(F)(F)F)c2)c(NC(=O)C(C)(C)O)n1. The van der Waals surface area contributed by atoms with Crippen molar-refractivity contribution in [3.8, 4) is 5.75 Å². The predicted octanol–water partition coefficient (Wildman–Crippen LogP) is 3.57. The second-order valence-electron chi connectivity index (χ2n) is 6.71. The number of nitrogens with zero attached hydrogens (tertiary/aromatic N) is 2. The van der Waals surface area contributed by atoms with Crippen LogP contribution in [0.15, 0.2) is 30.5 Å². The van der Waals surface area contributed by atoms with Gasteiger partial charge in [-0.3, -0.25) is 4.79 Å². The molecule has 0 aliphatic heterocycles. The molecule has 0 saturated heterocycles. The molecule has 3 N–H and O–H groups in total. The van der Waals surface area contributed by atoms with Crippen molar-refractivity contribution in [1.29, 1.82) is 0 Å². The average Bonchev–Trinajstić information content (AvgIpc) is 2.55. The first-order valence-corrected chi connectivity index (χ1v) is 8.35. The summed E-state index contributed by atoms with van der Waals surface area (Å²) >= 11 is 0. The maximum Gasteiger partial charge on any atom is 0.573 e. The van der Waals surface area contributed by atoms with Crippen LogP contribution in [-0.4, -0.2) is 32.9 Å². The van der Waals surface area contributed by atoms with Crippen molar-refractivity contribution in [1.82, 2.24) is 9.97 Å². The van der Waals surface area contributed by atoms with E-state index < -0.39 is 23.9 Å². The van der Waals surface area contributed by atoms with Crippen molar-refractivity contribution in [2.75, 3.05) is 10.6 Å². The summed E-state index contributed by atoms with van der Waals surface area (Å²) in [6, 6.07) is 5.03. The monoisotopic (exact) mass is 398 g/mol. The third-order valence-corrected chi connectivity index (χ3v) is 3.63.